The van der Waals surface area contributed by atoms with Gasteiger partial charge in [-0.1, -0.05) is 0 Å². The van der Waals surface area contributed by atoms with Crippen molar-refractivity contribution in [2.24, 2.45) is 0 Å². The van der Waals surface area contributed by atoms with Crippen molar-refractivity contribution in [3.63, 3.8) is 0 Å². The number of nitro groups is 1. The van der Waals surface area contributed by atoms with Gasteiger partial charge in [-0.25, -0.2) is 0 Å². The van der Waals surface area contributed by atoms with Crippen molar-refractivity contribution in [1.82, 2.24) is 0 Å². The van der Waals surface area contributed by atoms with Gasteiger partial charge in [0, 0.05) is 11.9 Å². The molecule has 0 saturated carbocycles. The van der Waals surface area contributed by atoms with E-state index in [4.69, 9.17) is 21.6 Å². The van der Waals surface area contributed by atoms with Gasteiger partial charge in [0.05, 0.1) is 26.7 Å². The lowest BCUT2D eigenvalue weighted by Crippen LogP contribution is -2.03. The molecule has 5 nitrogen and oxygen atoms in total. The van der Waals surface area contributed by atoms with Crippen LogP contribution in [0.5, 0.6) is 5.75 Å². The third-order valence-corrected chi connectivity index (χ3v) is 3.44. The van der Waals surface area contributed by atoms with Crippen LogP contribution >= 0.6 is 34.2 Å². The number of rotatable bonds is 7. The zero-order valence-corrected chi connectivity index (χ0v) is 13.0. The number of alkyl halides is 1. The molecule has 0 aromatic heterocycles. The number of benzene rings is 1. The second-order valence-electron chi connectivity index (χ2n) is 3.77. The van der Waals surface area contributed by atoms with Crippen LogP contribution in [0.3, 0.4) is 0 Å². The topological polar surface area (TPSA) is 76.2 Å². The first-order valence-corrected chi connectivity index (χ1v) is 7.28. The van der Waals surface area contributed by atoms with Gasteiger partial charge in [0.15, 0.2) is 0 Å². The molecule has 0 fully saturated rings. The van der Waals surface area contributed by atoms with Crippen molar-refractivity contribution >= 4 is 39.9 Å². The molecule has 0 amide bonds. The van der Waals surface area contributed by atoms with Crippen LogP contribution in [0, 0.1) is 25.0 Å². The van der Waals surface area contributed by atoms with E-state index in [0.717, 1.165) is 19.3 Å². The second kappa shape index (κ2) is 8.17. The molecule has 1 rings (SSSR count). The Morgan fingerprint density at radius 2 is 2.16 bits per heavy atom. The van der Waals surface area contributed by atoms with E-state index in [-0.39, 0.29) is 17.0 Å². The van der Waals surface area contributed by atoms with Gasteiger partial charge in [0.1, 0.15) is 0 Å². The molecule has 0 spiro atoms. The SMILES string of the molecule is N#Cc1cc(I)c(OCCCCCCl)c([N+](=O)[O-])c1. The number of hydrogen-bond donors (Lipinski definition) is 0. The second-order valence-corrected chi connectivity index (χ2v) is 5.31. The van der Waals surface area contributed by atoms with E-state index >= 15 is 0 Å². The van der Waals surface area contributed by atoms with Crippen molar-refractivity contribution in [3.05, 3.63) is 31.4 Å². The van der Waals surface area contributed by atoms with Gasteiger partial charge >= 0.3 is 5.69 Å². The number of nitro benzene ring substituents is 1. The van der Waals surface area contributed by atoms with E-state index in [1.807, 2.05) is 28.7 Å². The summed E-state index contributed by atoms with van der Waals surface area (Å²) < 4.78 is 6.04. The van der Waals surface area contributed by atoms with Crippen molar-refractivity contribution in [2.45, 2.75) is 19.3 Å². The summed E-state index contributed by atoms with van der Waals surface area (Å²) in [5.41, 5.74) is 0.0892. The predicted octanol–water partition coefficient (Wildman–Crippen LogP) is 3.86. The average Bonchev–Trinajstić information content (AvgIpc) is 2.39. The molecule has 0 bridgehead atoms. The average molecular weight is 395 g/mol. The lowest BCUT2D eigenvalue weighted by Gasteiger charge is -2.08. The highest BCUT2D eigenvalue weighted by molar-refractivity contribution is 14.1. The van der Waals surface area contributed by atoms with E-state index in [2.05, 4.69) is 0 Å². The molecule has 0 saturated heterocycles. The first kappa shape index (κ1) is 16.0. The summed E-state index contributed by atoms with van der Waals surface area (Å²) in [7, 11) is 0. The molecule has 0 unspecified atom stereocenters. The maximum Gasteiger partial charge on any atom is 0.313 e. The molecule has 0 heterocycles. The first-order valence-electron chi connectivity index (χ1n) is 5.67. The fraction of sp³-hybridized carbons (Fsp3) is 0.417. The molecule has 0 aliphatic carbocycles. The lowest BCUT2D eigenvalue weighted by atomic mass is 10.2. The Hall–Kier alpha value is -1.07. The number of unbranched alkanes of at least 4 members (excludes halogenated alkanes) is 2. The van der Waals surface area contributed by atoms with Gasteiger partial charge in [-0.05, 0) is 47.9 Å². The molecule has 102 valence electrons. The Morgan fingerprint density at radius 3 is 2.74 bits per heavy atom. The maximum atomic E-state index is 11.0. The number of nitrogens with zero attached hydrogens (tertiary/aromatic N) is 2. The van der Waals surface area contributed by atoms with E-state index in [1.165, 1.54) is 6.07 Å². The number of hydrogen-bond acceptors (Lipinski definition) is 4. The van der Waals surface area contributed by atoms with Gasteiger partial charge in [0.25, 0.3) is 0 Å². The fourth-order valence-electron chi connectivity index (χ4n) is 1.47. The summed E-state index contributed by atoms with van der Waals surface area (Å²) in [6, 6.07) is 4.70. The molecule has 0 atom stereocenters. The van der Waals surface area contributed by atoms with Gasteiger partial charge in [-0.3, -0.25) is 10.1 Å². The van der Waals surface area contributed by atoms with Crippen LogP contribution in [0.2, 0.25) is 0 Å². The summed E-state index contributed by atoms with van der Waals surface area (Å²) in [6.45, 7) is 0.402. The van der Waals surface area contributed by atoms with Crippen LogP contribution < -0.4 is 4.74 Å². The third-order valence-electron chi connectivity index (χ3n) is 2.37. The van der Waals surface area contributed by atoms with Crippen molar-refractivity contribution < 1.29 is 9.66 Å². The molecule has 1 aromatic rings. The van der Waals surface area contributed by atoms with Crippen LogP contribution in [0.4, 0.5) is 5.69 Å². The van der Waals surface area contributed by atoms with Gasteiger partial charge < -0.3 is 4.74 Å². The molecule has 0 radical (unpaired) electrons. The van der Waals surface area contributed by atoms with Crippen LogP contribution in [0.15, 0.2) is 12.1 Å². The first-order chi connectivity index (χ1) is 9.10. The zero-order chi connectivity index (χ0) is 14.3. The fourth-order valence-corrected chi connectivity index (χ4v) is 2.43. The van der Waals surface area contributed by atoms with E-state index in [1.54, 1.807) is 6.07 Å². The molecule has 0 aliphatic rings. The third kappa shape index (κ3) is 4.84. The Kier molecular flexibility index (Phi) is 6.87. The normalized spacial score (nSPS) is 9.95. The molecular formula is C12H12ClIN2O3. The molecule has 0 N–H and O–H groups in total. The van der Waals surface area contributed by atoms with Gasteiger partial charge in [-0.2, -0.15) is 5.26 Å². The Morgan fingerprint density at radius 1 is 1.42 bits per heavy atom. The molecule has 7 heteroatoms. The van der Waals surface area contributed by atoms with E-state index in [0.29, 0.717) is 16.1 Å². The van der Waals surface area contributed by atoms with E-state index in [9.17, 15) is 10.1 Å². The summed E-state index contributed by atoms with van der Waals surface area (Å²) in [6.07, 6.45) is 2.61. The highest BCUT2D eigenvalue weighted by Crippen LogP contribution is 2.33. The van der Waals surface area contributed by atoms with Crippen LogP contribution in [-0.4, -0.2) is 17.4 Å². The number of ether oxygens (including phenoxy) is 1. The van der Waals surface area contributed by atoms with Crippen LogP contribution in [-0.2, 0) is 0 Å². The molecular weight excluding hydrogens is 383 g/mol. The highest BCUT2D eigenvalue weighted by atomic mass is 127. The summed E-state index contributed by atoms with van der Waals surface area (Å²) in [5, 5.41) is 19.8. The number of nitriles is 1. The van der Waals surface area contributed by atoms with E-state index < -0.39 is 4.92 Å². The molecule has 1 aromatic carbocycles. The maximum absolute atomic E-state index is 11.0. The molecule has 19 heavy (non-hydrogen) atoms. The van der Waals surface area contributed by atoms with Crippen LogP contribution in [0.25, 0.3) is 0 Å². The minimum atomic E-state index is -0.531. The van der Waals surface area contributed by atoms with Crippen molar-refractivity contribution in [2.75, 3.05) is 12.5 Å². The standard InChI is InChI=1S/C12H12ClIN2O3/c13-4-2-1-3-5-19-12-10(14)6-9(8-15)7-11(12)16(17)18/h6-7H,1-5H2. The highest BCUT2D eigenvalue weighted by Gasteiger charge is 2.20. The Labute approximate surface area is 129 Å². The monoisotopic (exact) mass is 394 g/mol. The quantitative estimate of drug-likeness (QED) is 0.231. The molecule has 0 aliphatic heterocycles. The smallest absolute Gasteiger partial charge is 0.313 e. The largest absolute Gasteiger partial charge is 0.486 e. The predicted molar refractivity (Wildman–Crippen MR) is 80.6 cm³/mol. The summed E-state index contributed by atoms with van der Waals surface area (Å²) in [4.78, 5) is 10.4. The minimum absolute atomic E-state index is 0.166. The zero-order valence-electron chi connectivity index (χ0n) is 10.1. The number of halogens is 2. The van der Waals surface area contributed by atoms with Crippen LogP contribution in [0.1, 0.15) is 24.8 Å². The van der Waals surface area contributed by atoms with Gasteiger partial charge in [-0.15, -0.1) is 11.6 Å². The van der Waals surface area contributed by atoms with Gasteiger partial charge in [0.2, 0.25) is 5.75 Å². The summed E-state index contributed by atoms with van der Waals surface area (Å²) in [5.74, 6) is 0.838. The lowest BCUT2D eigenvalue weighted by molar-refractivity contribution is -0.386. The van der Waals surface area contributed by atoms with Crippen molar-refractivity contribution in [3.8, 4) is 11.8 Å². The minimum Gasteiger partial charge on any atom is -0.486 e. The Bertz CT molecular complexity index is 502. The Balaban J connectivity index is 2.81. The van der Waals surface area contributed by atoms with Crippen molar-refractivity contribution in [1.29, 1.82) is 5.26 Å². The summed E-state index contributed by atoms with van der Waals surface area (Å²) >= 11 is 7.50.